The summed E-state index contributed by atoms with van der Waals surface area (Å²) in [6, 6.07) is 13.1. The summed E-state index contributed by atoms with van der Waals surface area (Å²) in [5.74, 6) is -4.52. The lowest BCUT2D eigenvalue weighted by Gasteiger charge is -2.31. The van der Waals surface area contributed by atoms with E-state index in [9.17, 15) is 33.9 Å². The topological polar surface area (TPSA) is 174 Å². The quantitative estimate of drug-likeness (QED) is 0.216. The molecule has 1 saturated heterocycles. The molecule has 0 saturated carbocycles. The maximum absolute atomic E-state index is 14.2. The summed E-state index contributed by atoms with van der Waals surface area (Å²) in [6.45, 7) is 11.0. The largest absolute Gasteiger partial charge is 0.444 e. The first-order chi connectivity index (χ1) is 24.7. The number of hydrogen-bond donors (Lipinski definition) is 4. The summed E-state index contributed by atoms with van der Waals surface area (Å²) in [4.78, 5) is 83.8. The molecule has 4 rings (SSSR count). The highest BCUT2D eigenvalue weighted by atomic mass is 16.6. The zero-order valence-corrected chi connectivity index (χ0v) is 31.0. The Labute approximate surface area is 305 Å². The minimum atomic E-state index is -1.35. The molecule has 282 valence electrons. The van der Waals surface area contributed by atoms with E-state index in [1.54, 1.807) is 39.5 Å². The molecule has 5 amide bonds. The molecule has 4 N–H and O–H groups in total. The Hall–Kier alpha value is -4.78. The Morgan fingerprint density at radius 3 is 2.15 bits per heavy atom. The van der Waals surface area contributed by atoms with Crippen LogP contribution in [0.15, 0.2) is 54.6 Å². The van der Waals surface area contributed by atoms with E-state index in [2.05, 4.69) is 16.0 Å². The summed E-state index contributed by atoms with van der Waals surface area (Å²) >= 11 is 0. The number of aliphatic hydroxyl groups excluding tert-OH is 1. The SMILES string of the molecule is CCCC(NC(=O)C1C[C@@H](OC(=O)N2CCc3ccccc3C2)CN1C(=O)[C@@H](NC(=O)[C@@H](O)C(C)C)C(C)C)C(=O)C(=O)N[C@@H](C)c1ccccc1. The predicted molar refractivity (Wildman–Crippen MR) is 193 cm³/mol. The zero-order valence-electron chi connectivity index (χ0n) is 31.0. The molecule has 0 radical (unpaired) electrons. The van der Waals surface area contributed by atoms with E-state index in [-0.39, 0.29) is 19.4 Å². The van der Waals surface area contributed by atoms with Gasteiger partial charge in [0, 0.05) is 19.5 Å². The molecule has 0 aromatic heterocycles. The average molecular weight is 720 g/mol. The van der Waals surface area contributed by atoms with Gasteiger partial charge in [-0.2, -0.15) is 0 Å². The number of ketones is 1. The van der Waals surface area contributed by atoms with Gasteiger partial charge < -0.3 is 35.6 Å². The number of ether oxygens (including phenoxy) is 1. The van der Waals surface area contributed by atoms with Gasteiger partial charge in [0.15, 0.2) is 0 Å². The van der Waals surface area contributed by atoms with Gasteiger partial charge in [-0.05, 0) is 48.3 Å². The Kier molecular flexibility index (Phi) is 13.9. The summed E-state index contributed by atoms with van der Waals surface area (Å²) in [5, 5.41) is 18.4. The highest BCUT2D eigenvalue weighted by molar-refractivity contribution is 6.38. The molecular weight excluding hydrogens is 666 g/mol. The molecular formula is C39H53N5O8. The molecule has 2 aliphatic heterocycles. The Morgan fingerprint density at radius 2 is 1.52 bits per heavy atom. The number of likely N-dealkylation sites (tertiary alicyclic amines) is 1. The highest BCUT2D eigenvalue weighted by Crippen LogP contribution is 2.26. The number of aliphatic hydroxyl groups is 1. The zero-order chi connectivity index (χ0) is 38.1. The molecule has 13 nitrogen and oxygen atoms in total. The number of nitrogens with one attached hydrogen (secondary N) is 3. The number of rotatable bonds is 14. The van der Waals surface area contributed by atoms with Crippen molar-refractivity contribution in [2.45, 2.75) is 110 Å². The molecule has 2 unspecified atom stereocenters. The van der Waals surface area contributed by atoms with E-state index in [0.29, 0.717) is 25.9 Å². The fourth-order valence-electron chi connectivity index (χ4n) is 6.55. The van der Waals surface area contributed by atoms with E-state index in [1.807, 2.05) is 61.5 Å². The maximum Gasteiger partial charge on any atom is 0.410 e. The van der Waals surface area contributed by atoms with Crippen LogP contribution in [-0.4, -0.2) is 93.8 Å². The van der Waals surface area contributed by atoms with Crippen molar-refractivity contribution in [3.63, 3.8) is 0 Å². The average Bonchev–Trinajstić information content (AvgIpc) is 3.56. The second kappa shape index (κ2) is 18.1. The van der Waals surface area contributed by atoms with Crippen molar-refractivity contribution in [2.75, 3.05) is 13.1 Å². The Bertz CT molecular complexity index is 1600. The molecule has 2 aromatic carbocycles. The minimum Gasteiger partial charge on any atom is -0.444 e. The Balaban J connectivity index is 1.53. The Morgan fingerprint density at radius 1 is 0.865 bits per heavy atom. The second-order valence-electron chi connectivity index (χ2n) is 14.4. The van der Waals surface area contributed by atoms with Crippen molar-refractivity contribution in [3.8, 4) is 0 Å². The standard InChI is InChI=1S/C39H53N5O8/c1-7-13-30(34(46)37(49)40-25(6)26-14-9-8-10-15-26)41-35(47)31-20-29(52-39(51)43-19-18-27-16-11-12-17-28(27)21-43)22-44(31)38(50)32(23(2)3)42-36(48)33(45)24(4)5/h8-12,14-17,23-25,29-33,45H,7,13,18-22H2,1-6H3,(H,40,49)(H,41,47)(H,42,48)/t25-,29+,30?,31?,32-,33-/m0/s1. The van der Waals surface area contributed by atoms with Crippen LogP contribution in [0.3, 0.4) is 0 Å². The van der Waals surface area contributed by atoms with Crippen molar-refractivity contribution in [3.05, 3.63) is 71.3 Å². The van der Waals surface area contributed by atoms with Crippen molar-refractivity contribution in [1.82, 2.24) is 25.8 Å². The first-order valence-corrected chi connectivity index (χ1v) is 18.2. The first kappa shape index (κ1) is 40.0. The lowest BCUT2D eigenvalue weighted by molar-refractivity contribution is -0.145. The van der Waals surface area contributed by atoms with E-state index < -0.39 is 83.7 Å². The van der Waals surface area contributed by atoms with E-state index in [0.717, 1.165) is 16.7 Å². The third-order valence-corrected chi connectivity index (χ3v) is 9.72. The van der Waals surface area contributed by atoms with Gasteiger partial charge in [-0.15, -0.1) is 0 Å². The molecule has 13 heteroatoms. The van der Waals surface area contributed by atoms with E-state index >= 15 is 0 Å². The van der Waals surface area contributed by atoms with Crippen molar-refractivity contribution in [2.24, 2.45) is 11.8 Å². The molecule has 2 aliphatic rings. The van der Waals surface area contributed by atoms with Crippen LogP contribution in [0.1, 0.15) is 83.5 Å². The predicted octanol–water partition coefficient (Wildman–Crippen LogP) is 3.04. The molecule has 2 heterocycles. The number of carbonyl (C=O) groups excluding carboxylic acids is 6. The van der Waals surface area contributed by atoms with Gasteiger partial charge >= 0.3 is 6.09 Å². The van der Waals surface area contributed by atoms with Crippen molar-refractivity contribution < 1.29 is 38.6 Å². The number of amides is 5. The second-order valence-corrected chi connectivity index (χ2v) is 14.4. The molecule has 0 spiro atoms. The maximum atomic E-state index is 14.2. The van der Waals surface area contributed by atoms with Crippen LogP contribution in [0.25, 0.3) is 0 Å². The third kappa shape index (κ3) is 9.96. The lowest BCUT2D eigenvalue weighted by Crippen LogP contribution is -2.58. The van der Waals surface area contributed by atoms with Crippen LogP contribution < -0.4 is 16.0 Å². The van der Waals surface area contributed by atoms with Gasteiger partial charge in [-0.25, -0.2) is 4.79 Å². The van der Waals surface area contributed by atoms with Gasteiger partial charge in [0.05, 0.1) is 18.6 Å². The van der Waals surface area contributed by atoms with Crippen molar-refractivity contribution >= 4 is 35.5 Å². The molecule has 1 fully saturated rings. The highest BCUT2D eigenvalue weighted by Gasteiger charge is 2.46. The fourth-order valence-corrected chi connectivity index (χ4v) is 6.55. The molecule has 6 atom stereocenters. The van der Waals surface area contributed by atoms with Crippen molar-refractivity contribution in [1.29, 1.82) is 0 Å². The number of nitrogens with zero attached hydrogens (tertiary/aromatic N) is 2. The molecule has 0 bridgehead atoms. The fraction of sp³-hybridized carbons (Fsp3) is 0.538. The van der Waals surface area contributed by atoms with Crippen LogP contribution in [-0.2, 0) is 41.7 Å². The van der Waals surface area contributed by atoms with Gasteiger partial charge in [0.25, 0.3) is 5.91 Å². The van der Waals surface area contributed by atoms with Crippen LogP contribution in [0, 0.1) is 11.8 Å². The van der Waals surface area contributed by atoms with Gasteiger partial charge in [-0.3, -0.25) is 24.0 Å². The summed E-state index contributed by atoms with van der Waals surface area (Å²) in [7, 11) is 0. The van der Waals surface area contributed by atoms with Gasteiger partial charge in [-0.1, -0.05) is 95.6 Å². The number of hydrogen-bond acceptors (Lipinski definition) is 8. The summed E-state index contributed by atoms with van der Waals surface area (Å²) in [5.41, 5.74) is 2.98. The van der Waals surface area contributed by atoms with Crippen LogP contribution in [0.5, 0.6) is 0 Å². The molecule has 2 aromatic rings. The normalized spacial score (nSPS) is 19.2. The summed E-state index contributed by atoms with van der Waals surface area (Å²) < 4.78 is 5.90. The van der Waals surface area contributed by atoms with Crippen LogP contribution >= 0.6 is 0 Å². The third-order valence-electron chi connectivity index (χ3n) is 9.72. The molecule has 52 heavy (non-hydrogen) atoms. The van der Waals surface area contributed by atoms with Crippen LogP contribution in [0.2, 0.25) is 0 Å². The summed E-state index contributed by atoms with van der Waals surface area (Å²) in [6.07, 6.45) is -1.56. The smallest absolute Gasteiger partial charge is 0.410 e. The van der Waals surface area contributed by atoms with E-state index in [4.69, 9.17) is 4.74 Å². The lowest BCUT2D eigenvalue weighted by atomic mass is 10.00. The van der Waals surface area contributed by atoms with E-state index in [1.165, 1.54) is 4.90 Å². The number of Topliss-reactive ketones (excluding diaryl/α,β-unsaturated/α-hetero) is 1. The minimum absolute atomic E-state index is 0.0641. The number of carbonyl (C=O) groups is 6. The first-order valence-electron chi connectivity index (χ1n) is 18.2. The van der Waals surface area contributed by atoms with Crippen LogP contribution in [0.4, 0.5) is 4.79 Å². The number of benzene rings is 2. The number of fused-ring (bicyclic) bond motifs is 1. The van der Waals surface area contributed by atoms with Gasteiger partial charge in [0.1, 0.15) is 24.3 Å². The van der Waals surface area contributed by atoms with Gasteiger partial charge in [0.2, 0.25) is 23.5 Å². The monoisotopic (exact) mass is 719 g/mol. The molecule has 0 aliphatic carbocycles.